The van der Waals surface area contributed by atoms with Gasteiger partial charge in [0.1, 0.15) is 6.61 Å². The number of benzene rings is 2. The van der Waals surface area contributed by atoms with Crippen LogP contribution in [0.15, 0.2) is 60.8 Å². The molecule has 0 radical (unpaired) electrons. The third kappa shape index (κ3) is 3.10. The minimum absolute atomic E-state index is 0.111. The third-order valence-corrected chi connectivity index (χ3v) is 4.77. The molecule has 0 saturated carbocycles. The molecule has 1 aliphatic rings. The Kier molecular flexibility index (Phi) is 4.15. The van der Waals surface area contributed by atoms with Gasteiger partial charge in [0, 0.05) is 29.6 Å². The van der Waals surface area contributed by atoms with E-state index in [-0.39, 0.29) is 25.2 Å². The maximum atomic E-state index is 12.3. The highest BCUT2D eigenvalue weighted by Crippen LogP contribution is 2.33. The molecule has 0 aliphatic carbocycles. The first-order valence-electron chi connectivity index (χ1n) is 8.42. The van der Waals surface area contributed by atoms with Crippen LogP contribution in [0.2, 0.25) is 0 Å². The van der Waals surface area contributed by atoms with Crippen LogP contribution in [0.5, 0.6) is 0 Å². The number of hydrogen-bond donors (Lipinski definition) is 2. The number of fused-ring (bicyclic) bond motifs is 1. The van der Waals surface area contributed by atoms with Gasteiger partial charge in [-0.25, -0.2) is 4.79 Å². The summed E-state index contributed by atoms with van der Waals surface area (Å²) in [6.07, 6.45) is 0.950. The van der Waals surface area contributed by atoms with Crippen molar-refractivity contribution in [2.45, 2.75) is 18.6 Å². The van der Waals surface area contributed by atoms with Crippen molar-refractivity contribution in [3.8, 4) is 0 Å². The fourth-order valence-electron chi connectivity index (χ4n) is 3.45. The van der Waals surface area contributed by atoms with Crippen LogP contribution >= 0.6 is 0 Å². The molecule has 4 rings (SSSR count). The first-order chi connectivity index (χ1) is 12.2. The largest absolute Gasteiger partial charge is 0.445 e. The number of aliphatic hydroxyl groups is 1. The number of nitrogens with one attached hydrogen (secondary N) is 1. The van der Waals surface area contributed by atoms with E-state index >= 15 is 0 Å². The average molecular weight is 336 g/mol. The molecule has 0 bridgehead atoms. The number of amides is 1. The summed E-state index contributed by atoms with van der Waals surface area (Å²) in [5.74, 6) is -0.111. The predicted octanol–water partition coefficient (Wildman–Crippen LogP) is 3.26. The van der Waals surface area contributed by atoms with Crippen LogP contribution in [-0.2, 0) is 11.3 Å². The maximum Gasteiger partial charge on any atom is 0.410 e. The fraction of sp³-hybridized carbons (Fsp3) is 0.250. The number of ether oxygens (including phenoxy) is 1. The molecule has 5 heteroatoms. The summed E-state index contributed by atoms with van der Waals surface area (Å²) in [5, 5.41) is 11.6. The zero-order valence-electron chi connectivity index (χ0n) is 13.8. The molecule has 1 saturated heterocycles. The van der Waals surface area contributed by atoms with Crippen LogP contribution in [0, 0.1) is 0 Å². The van der Waals surface area contributed by atoms with Crippen LogP contribution in [-0.4, -0.2) is 40.3 Å². The topological polar surface area (TPSA) is 65.6 Å². The lowest BCUT2D eigenvalue weighted by Gasteiger charge is -2.16. The molecule has 2 heterocycles. The number of para-hydroxylation sites is 1. The van der Waals surface area contributed by atoms with Gasteiger partial charge in [-0.05, 0) is 17.2 Å². The Morgan fingerprint density at radius 1 is 1.12 bits per heavy atom. The first-order valence-corrected chi connectivity index (χ1v) is 8.42. The number of aromatic nitrogens is 1. The summed E-state index contributed by atoms with van der Waals surface area (Å²) in [7, 11) is 0. The van der Waals surface area contributed by atoms with E-state index in [1.807, 2.05) is 60.8 Å². The number of likely N-dealkylation sites (tertiary alicyclic amines) is 1. The van der Waals surface area contributed by atoms with Crippen molar-refractivity contribution < 1.29 is 14.6 Å². The molecule has 5 nitrogen and oxygen atoms in total. The average Bonchev–Trinajstić information content (AvgIpc) is 3.24. The second kappa shape index (κ2) is 6.61. The number of aliphatic hydroxyl groups excluding tert-OH is 1. The highest BCUT2D eigenvalue weighted by atomic mass is 16.6. The lowest BCUT2D eigenvalue weighted by atomic mass is 9.96. The van der Waals surface area contributed by atoms with Gasteiger partial charge in [0.2, 0.25) is 0 Å². The Hall–Kier alpha value is -2.79. The molecule has 25 heavy (non-hydrogen) atoms. The second-order valence-electron chi connectivity index (χ2n) is 6.41. The summed E-state index contributed by atoms with van der Waals surface area (Å²) in [4.78, 5) is 17.1. The normalized spacial score (nSPS) is 20.1. The van der Waals surface area contributed by atoms with Gasteiger partial charge in [0.15, 0.2) is 0 Å². The SMILES string of the molecule is O=C(OCc1ccccc1)N1C[C@@H](O)[C@H](c2c[nH]c3ccccc23)C1. The number of carbonyl (C=O) groups is 1. The van der Waals surface area contributed by atoms with Gasteiger partial charge in [-0.3, -0.25) is 0 Å². The number of hydrogen-bond acceptors (Lipinski definition) is 3. The van der Waals surface area contributed by atoms with E-state index in [1.54, 1.807) is 4.90 Å². The lowest BCUT2D eigenvalue weighted by Crippen LogP contribution is -2.30. The van der Waals surface area contributed by atoms with Gasteiger partial charge >= 0.3 is 6.09 Å². The highest BCUT2D eigenvalue weighted by molar-refractivity contribution is 5.84. The van der Waals surface area contributed by atoms with Crippen molar-refractivity contribution >= 4 is 17.0 Å². The van der Waals surface area contributed by atoms with Gasteiger partial charge in [0.05, 0.1) is 12.6 Å². The number of nitrogens with zero attached hydrogens (tertiary/aromatic N) is 1. The summed E-state index contributed by atoms with van der Waals surface area (Å²) < 4.78 is 5.38. The maximum absolute atomic E-state index is 12.3. The van der Waals surface area contributed by atoms with Crippen molar-refractivity contribution in [3.63, 3.8) is 0 Å². The molecule has 2 atom stereocenters. The van der Waals surface area contributed by atoms with Crippen LogP contribution in [0.3, 0.4) is 0 Å². The Morgan fingerprint density at radius 3 is 2.72 bits per heavy atom. The Labute approximate surface area is 145 Å². The number of carbonyl (C=O) groups excluding carboxylic acids is 1. The highest BCUT2D eigenvalue weighted by Gasteiger charge is 2.36. The molecule has 0 spiro atoms. The van der Waals surface area contributed by atoms with E-state index in [1.165, 1.54) is 0 Å². The van der Waals surface area contributed by atoms with E-state index in [2.05, 4.69) is 4.98 Å². The minimum atomic E-state index is -0.594. The minimum Gasteiger partial charge on any atom is -0.445 e. The standard InChI is InChI=1S/C20H20N2O3/c23-19-12-22(20(24)25-13-14-6-2-1-3-7-14)11-17(19)16-10-21-18-9-5-4-8-15(16)18/h1-10,17,19,21,23H,11-13H2/t17-,19+/m0/s1. The van der Waals surface area contributed by atoms with Gasteiger partial charge in [-0.15, -0.1) is 0 Å². The molecule has 0 unspecified atom stereocenters. The van der Waals surface area contributed by atoms with Crippen LogP contribution in [0.25, 0.3) is 10.9 Å². The Balaban J connectivity index is 1.45. The van der Waals surface area contributed by atoms with Crippen molar-refractivity contribution in [3.05, 3.63) is 71.9 Å². The van der Waals surface area contributed by atoms with E-state index in [4.69, 9.17) is 4.74 Å². The van der Waals surface area contributed by atoms with Crippen LogP contribution in [0.1, 0.15) is 17.0 Å². The van der Waals surface area contributed by atoms with Crippen molar-refractivity contribution in [1.82, 2.24) is 9.88 Å². The molecule has 1 aliphatic heterocycles. The van der Waals surface area contributed by atoms with Crippen LogP contribution in [0.4, 0.5) is 4.79 Å². The Bertz CT molecular complexity index is 875. The van der Waals surface area contributed by atoms with Gasteiger partial charge in [0.25, 0.3) is 0 Å². The molecule has 128 valence electrons. The number of β-amino-alcohol motifs (C(OH)–C–C–N with tert-alkyl or cyclic N) is 1. The first kappa shape index (κ1) is 15.7. The Morgan fingerprint density at radius 2 is 1.88 bits per heavy atom. The molecular weight excluding hydrogens is 316 g/mol. The van der Waals surface area contributed by atoms with Crippen LogP contribution < -0.4 is 0 Å². The zero-order valence-corrected chi connectivity index (χ0v) is 13.8. The second-order valence-corrected chi connectivity index (χ2v) is 6.41. The van der Waals surface area contributed by atoms with Gasteiger partial charge < -0.3 is 19.7 Å². The summed E-state index contributed by atoms with van der Waals surface area (Å²) in [6, 6.07) is 17.6. The number of H-pyrrole nitrogens is 1. The summed E-state index contributed by atoms with van der Waals surface area (Å²) in [6.45, 7) is 0.985. The smallest absolute Gasteiger partial charge is 0.410 e. The predicted molar refractivity (Wildman–Crippen MR) is 95.2 cm³/mol. The van der Waals surface area contributed by atoms with Crippen molar-refractivity contribution in [1.29, 1.82) is 0 Å². The van der Waals surface area contributed by atoms with Crippen molar-refractivity contribution in [2.75, 3.05) is 13.1 Å². The van der Waals surface area contributed by atoms with E-state index in [9.17, 15) is 9.90 Å². The molecular formula is C20H20N2O3. The van der Waals surface area contributed by atoms with Gasteiger partial charge in [-0.2, -0.15) is 0 Å². The fourth-order valence-corrected chi connectivity index (χ4v) is 3.45. The van der Waals surface area contributed by atoms with E-state index in [0.29, 0.717) is 6.54 Å². The molecule has 1 fully saturated rings. The van der Waals surface area contributed by atoms with E-state index < -0.39 is 6.10 Å². The number of aromatic amines is 1. The van der Waals surface area contributed by atoms with E-state index in [0.717, 1.165) is 22.0 Å². The summed E-state index contributed by atoms with van der Waals surface area (Å²) in [5.41, 5.74) is 3.03. The molecule has 1 aromatic heterocycles. The quantitative estimate of drug-likeness (QED) is 0.771. The molecule has 2 N–H and O–H groups in total. The van der Waals surface area contributed by atoms with Gasteiger partial charge in [-0.1, -0.05) is 48.5 Å². The number of rotatable bonds is 3. The molecule has 3 aromatic rings. The monoisotopic (exact) mass is 336 g/mol. The summed E-state index contributed by atoms with van der Waals surface area (Å²) >= 11 is 0. The molecule has 1 amide bonds. The zero-order chi connectivity index (χ0) is 17.2. The lowest BCUT2D eigenvalue weighted by molar-refractivity contribution is 0.0970. The van der Waals surface area contributed by atoms with Crippen molar-refractivity contribution in [2.24, 2.45) is 0 Å². The molecule has 2 aromatic carbocycles. The third-order valence-electron chi connectivity index (χ3n) is 4.77.